The van der Waals surface area contributed by atoms with Gasteiger partial charge >= 0.3 is 0 Å². The number of aromatic hydroxyl groups is 1. The summed E-state index contributed by atoms with van der Waals surface area (Å²) in [4.78, 5) is 19.3. The predicted octanol–water partition coefficient (Wildman–Crippen LogP) is 0.409. The van der Waals surface area contributed by atoms with Gasteiger partial charge in [-0.15, -0.1) is 0 Å². The zero-order valence-electron chi connectivity index (χ0n) is 9.04. The number of nitrogens with zero attached hydrogens (tertiary/aromatic N) is 3. The number of rotatable bonds is 3. The molecule has 1 amide bonds. The van der Waals surface area contributed by atoms with Gasteiger partial charge in [0.25, 0.3) is 5.91 Å². The molecule has 0 spiro atoms. The van der Waals surface area contributed by atoms with E-state index in [2.05, 4.69) is 20.4 Å². The van der Waals surface area contributed by atoms with Gasteiger partial charge in [-0.05, 0) is 12.1 Å². The molecule has 2 aromatic heterocycles. The molecule has 88 valence electrons. The van der Waals surface area contributed by atoms with E-state index < -0.39 is 5.91 Å². The Hall–Kier alpha value is -2.44. The SMILES string of the molecule is Cc1nc(CNC(=O)c2ncccc2O)no1. The van der Waals surface area contributed by atoms with Crippen LogP contribution in [0.2, 0.25) is 0 Å². The second kappa shape index (κ2) is 4.60. The van der Waals surface area contributed by atoms with Crippen LogP contribution in [0.4, 0.5) is 0 Å². The smallest absolute Gasteiger partial charge is 0.274 e. The third-order valence-electron chi connectivity index (χ3n) is 1.98. The van der Waals surface area contributed by atoms with E-state index in [1.54, 1.807) is 6.92 Å². The van der Waals surface area contributed by atoms with Crippen molar-refractivity contribution < 1.29 is 14.4 Å². The number of pyridine rings is 1. The van der Waals surface area contributed by atoms with Crippen LogP contribution in [-0.2, 0) is 6.54 Å². The van der Waals surface area contributed by atoms with E-state index in [4.69, 9.17) is 4.52 Å². The molecule has 0 saturated heterocycles. The molecule has 0 fully saturated rings. The Morgan fingerprint density at radius 3 is 3.06 bits per heavy atom. The monoisotopic (exact) mass is 234 g/mol. The van der Waals surface area contributed by atoms with E-state index in [1.807, 2.05) is 0 Å². The molecule has 0 aliphatic rings. The fraction of sp³-hybridized carbons (Fsp3) is 0.200. The van der Waals surface area contributed by atoms with Gasteiger partial charge in [-0.25, -0.2) is 4.98 Å². The zero-order valence-corrected chi connectivity index (χ0v) is 9.04. The van der Waals surface area contributed by atoms with Crippen LogP contribution in [0.15, 0.2) is 22.9 Å². The molecule has 0 atom stereocenters. The average Bonchev–Trinajstić information content (AvgIpc) is 2.73. The van der Waals surface area contributed by atoms with Gasteiger partial charge in [0.2, 0.25) is 5.89 Å². The second-order valence-electron chi connectivity index (χ2n) is 3.28. The summed E-state index contributed by atoms with van der Waals surface area (Å²) in [6.07, 6.45) is 1.42. The molecule has 0 aromatic carbocycles. The summed E-state index contributed by atoms with van der Waals surface area (Å²) in [5, 5.41) is 15.6. The van der Waals surface area contributed by atoms with Crippen molar-refractivity contribution in [2.45, 2.75) is 13.5 Å². The molecular weight excluding hydrogens is 224 g/mol. The van der Waals surface area contributed by atoms with Crippen LogP contribution < -0.4 is 5.32 Å². The van der Waals surface area contributed by atoms with E-state index in [0.29, 0.717) is 11.7 Å². The lowest BCUT2D eigenvalue weighted by Gasteiger charge is -2.02. The van der Waals surface area contributed by atoms with Crippen LogP contribution in [0.5, 0.6) is 5.75 Å². The number of hydrogen-bond donors (Lipinski definition) is 2. The molecule has 0 radical (unpaired) electrons. The van der Waals surface area contributed by atoms with Crippen molar-refractivity contribution in [3.8, 4) is 5.75 Å². The molecule has 0 aliphatic heterocycles. The van der Waals surface area contributed by atoms with Gasteiger partial charge in [0.15, 0.2) is 11.5 Å². The maximum absolute atomic E-state index is 11.6. The van der Waals surface area contributed by atoms with Crippen LogP contribution in [0.25, 0.3) is 0 Å². The van der Waals surface area contributed by atoms with Crippen LogP contribution in [0.3, 0.4) is 0 Å². The summed E-state index contributed by atoms with van der Waals surface area (Å²) in [5.74, 6) is 0.126. The number of amides is 1. The quantitative estimate of drug-likeness (QED) is 0.797. The Balaban J connectivity index is 2.01. The second-order valence-corrected chi connectivity index (χ2v) is 3.28. The molecule has 7 nitrogen and oxygen atoms in total. The highest BCUT2D eigenvalue weighted by atomic mass is 16.5. The van der Waals surface area contributed by atoms with E-state index in [1.165, 1.54) is 18.3 Å². The minimum atomic E-state index is -0.495. The predicted molar refractivity (Wildman–Crippen MR) is 56.1 cm³/mol. The van der Waals surface area contributed by atoms with Crippen LogP contribution >= 0.6 is 0 Å². The van der Waals surface area contributed by atoms with Crippen molar-refractivity contribution >= 4 is 5.91 Å². The van der Waals surface area contributed by atoms with Crippen molar-refractivity contribution in [3.05, 3.63) is 35.7 Å². The highest BCUT2D eigenvalue weighted by molar-refractivity contribution is 5.94. The highest BCUT2D eigenvalue weighted by Gasteiger charge is 2.12. The van der Waals surface area contributed by atoms with Crippen molar-refractivity contribution in [1.29, 1.82) is 0 Å². The molecule has 0 unspecified atom stereocenters. The normalized spacial score (nSPS) is 10.2. The fourth-order valence-electron chi connectivity index (χ4n) is 1.23. The number of aryl methyl sites for hydroxylation is 1. The fourth-order valence-corrected chi connectivity index (χ4v) is 1.23. The number of nitrogens with one attached hydrogen (secondary N) is 1. The van der Waals surface area contributed by atoms with Gasteiger partial charge in [0.05, 0.1) is 6.54 Å². The van der Waals surface area contributed by atoms with Gasteiger partial charge in [-0.2, -0.15) is 4.98 Å². The highest BCUT2D eigenvalue weighted by Crippen LogP contribution is 2.11. The minimum absolute atomic E-state index is 0.0345. The van der Waals surface area contributed by atoms with E-state index in [9.17, 15) is 9.90 Å². The Morgan fingerprint density at radius 1 is 1.59 bits per heavy atom. The number of carbonyl (C=O) groups excluding carboxylic acids is 1. The molecule has 7 heteroatoms. The van der Waals surface area contributed by atoms with Crippen molar-refractivity contribution in [3.63, 3.8) is 0 Å². The first-order valence-electron chi connectivity index (χ1n) is 4.88. The number of carbonyl (C=O) groups is 1. The van der Waals surface area contributed by atoms with E-state index in [-0.39, 0.29) is 18.0 Å². The third kappa shape index (κ3) is 2.57. The minimum Gasteiger partial charge on any atom is -0.505 e. The molecule has 0 saturated carbocycles. The molecule has 2 heterocycles. The third-order valence-corrected chi connectivity index (χ3v) is 1.98. The standard InChI is InChI=1S/C10H10N4O3/c1-6-13-8(14-17-6)5-12-10(16)9-7(15)3-2-4-11-9/h2-4,15H,5H2,1H3,(H,12,16). The summed E-state index contributed by atoms with van der Waals surface area (Å²) < 4.78 is 4.75. The Morgan fingerprint density at radius 2 is 2.41 bits per heavy atom. The topological polar surface area (TPSA) is 101 Å². The Bertz CT molecular complexity index is 538. The first-order valence-corrected chi connectivity index (χ1v) is 4.88. The van der Waals surface area contributed by atoms with Gasteiger partial charge in [-0.3, -0.25) is 4.79 Å². The van der Waals surface area contributed by atoms with Gasteiger partial charge < -0.3 is 14.9 Å². The first kappa shape index (κ1) is 11.1. The lowest BCUT2D eigenvalue weighted by atomic mass is 10.3. The van der Waals surface area contributed by atoms with Crippen LogP contribution in [0, 0.1) is 6.92 Å². The summed E-state index contributed by atoms with van der Waals surface area (Å²) in [7, 11) is 0. The van der Waals surface area contributed by atoms with Gasteiger partial charge in [-0.1, -0.05) is 5.16 Å². The Labute approximate surface area is 96.5 Å². The number of aromatic nitrogens is 3. The van der Waals surface area contributed by atoms with Gasteiger partial charge in [0, 0.05) is 13.1 Å². The van der Waals surface area contributed by atoms with E-state index in [0.717, 1.165) is 0 Å². The molecule has 2 aromatic rings. The summed E-state index contributed by atoms with van der Waals surface area (Å²) in [5.41, 5.74) is -0.0345. The number of hydrogen-bond acceptors (Lipinski definition) is 6. The summed E-state index contributed by atoms with van der Waals surface area (Å²) in [6.45, 7) is 1.77. The van der Waals surface area contributed by atoms with E-state index >= 15 is 0 Å². The molecule has 0 aliphatic carbocycles. The molecular formula is C10H10N4O3. The van der Waals surface area contributed by atoms with Crippen molar-refractivity contribution in [2.24, 2.45) is 0 Å². The molecule has 17 heavy (non-hydrogen) atoms. The van der Waals surface area contributed by atoms with Crippen molar-refractivity contribution in [1.82, 2.24) is 20.4 Å². The zero-order chi connectivity index (χ0) is 12.3. The summed E-state index contributed by atoms with van der Waals surface area (Å²) >= 11 is 0. The summed E-state index contributed by atoms with van der Waals surface area (Å²) in [6, 6.07) is 2.93. The largest absolute Gasteiger partial charge is 0.505 e. The molecule has 2 N–H and O–H groups in total. The molecule has 2 rings (SSSR count). The lowest BCUT2D eigenvalue weighted by Crippen LogP contribution is -2.24. The molecule has 0 bridgehead atoms. The van der Waals surface area contributed by atoms with Crippen LogP contribution in [0.1, 0.15) is 22.2 Å². The average molecular weight is 234 g/mol. The van der Waals surface area contributed by atoms with Gasteiger partial charge in [0.1, 0.15) is 5.75 Å². The maximum atomic E-state index is 11.6. The lowest BCUT2D eigenvalue weighted by molar-refractivity contribution is 0.0941. The van der Waals surface area contributed by atoms with Crippen molar-refractivity contribution in [2.75, 3.05) is 0 Å². The maximum Gasteiger partial charge on any atom is 0.274 e. The Kier molecular flexibility index (Phi) is 2.99. The first-order chi connectivity index (χ1) is 8.16. The van der Waals surface area contributed by atoms with Crippen LogP contribution in [-0.4, -0.2) is 26.1 Å².